The van der Waals surface area contributed by atoms with Crippen LogP contribution in [0, 0.1) is 11.3 Å². The van der Waals surface area contributed by atoms with Crippen LogP contribution in [0.3, 0.4) is 0 Å². The number of nitrogens with one attached hydrogen (secondary N) is 1. The Morgan fingerprint density at radius 2 is 2.00 bits per heavy atom. The van der Waals surface area contributed by atoms with Gasteiger partial charge in [0.05, 0.1) is 5.52 Å². The standard InChI is InChI=1S/C21H20N4O2/c1-25(2)21(26)14-27-17-7-5-6-15(10-17)13-23-20-11-16(12-22)24-19-9-4-3-8-18(19)20/h3-11H,13-14H2,1-2H3,(H,23,24). The van der Waals surface area contributed by atoms with Crippen LogP contribution in [0.2, 0.25) is 0 Å². The third-order valence-corrected chi connectivity index (χ3v) is 4.07. The fourth-order valence-electron chi connectivity index (χ4n) is 2.60. The summed E-state index contributed by atoms with van der Waals surface area (Å²) in [4.78, 5) is 17.5. The highest BCUT2D eigenvalue weighted by atomic mass is 16.5. The number of benzene rings is 2. The summed E-state index contributed by atoms with van der Waals surface area (Å²) in [5, 5.41) is 13.5. The molecule has 3 aromatic rings. The van der Waals surface area contributed by atoms with Crippen molar-refractivity contribution in [3.05, 3.63) is 65.9 Å². The summed E-state index contributed by atoms with van der Waals surface area (Å²) in [5.41, 5.74) is 3.00. The fraction of sp³-hybridized carbons (Fsp3) is 0.190. The molecule has 1 heterocycles. The van der Waals surface area contributed by atoms with Crippen molar-refractivity contribution in [2.75, 3.05) is 26.0 Å². The molecule has 0 spiro atoms. The number of pyridine rings is 1. The lowest BCUT2D eigenvalue weighted by molar-refractivity contribution is -0.130. The largest absolute Gasteiger partial charge is 0.484 e. The maximum absolute atomic E-state index is 11.7. The number of fused-ring (bicyclic) bond motifs is 1. The van der Waals surface area contributed by atoms with E-state index in [0.29, 0.717) is 18.0 Å². The number of aromatic nitrogens is 1. The monoisotopic (exact) mass is 360 g/mol. The number of ether oxygens (including phenoxy) is 1. The van der Waals surface area contributed by atoms with Crippen LogP contribution in [0.15, 0.2) is 54.6 Å². The predicted octanol–water partition coefficient (Wildman–Crippen LogP) is 3.19. The van der Waals surface area contributed by atoms with Crippen molar-refractivity contribution in [1.82, 2.24) is 9.88 Å². The number of amides is 1. The quantitative estimate of drug-likeness (QED) is 0.730. The minimum atomic E-state index is -0.0918. The van der Waals surface area contributed by atoms with Crippen LogP contribution < -0.4 is 10.1 Å². The summed E-state index contributed by atoms with van der Waals surface area (Å²) in [6, 6.07) is 19.1. The van der Waals surface area contributed by atoms with Crippen molar-refractivity contribution in [3.63, 3.8) is 0 Å². The maximum atomic E-state index is 11.7. The minimum Gasteiger partial charge on any atom is -0.484 e. The Morgan fingerprint density at radius 3 is 2.78 bits per heavy atom. The molecule has 0 fully saturated rings. The van der Waals surface area contributed by atoms with Crippen molar-refractivity contribution >= 4 is 22.5 Å². The smallest absolute Gasteiger partial charge is 0.259 e. The zero-order valence-electron chi connectivity index (χ0n) is 15.3. The summed E-state index contributed by atoms with van der Waals surface area (Å²) in [6.45, 7) is 0.558. The molecule has 0 aliphatic carbocycles. The first-order valence-corrected chi connectivity index (χ1v) is 8.52. The molecule has 27 heavy (non-hydrogen) atoms. The normalized spacial score (nSPS) is 10.3. The predicted molar refractivity (Wildman–Crippen MR) is 104 cm³/mol. The molecule has 0 atom stereocenters. The molecule has 0 aliphatic rings. The Kier molecular flexibility index (Phi) is 5.53. The molecular weight excluding hydrogens is 340 g/mol. The number of hydrogen-bond donors (Lipinski definition) is 1. The number of carbonyl (C=O) groups is 1. The van der Waals surface area contributed by atoms with Crippen molar-refractivity contribution < 1.29 is 9.53 Å². The van der Waals surface area contributed by atoms with Crippen LogP contribution >= 0.6 is 0 Å². The number of carbonyl (C=O) groups excluding carboxylic acids is 1. The van der Waals surface area contributed by atoms with E-state index in [-0.39, 0.29) is 12.5 Å². The first kappa shape index (κ1) is 18.2. The van der Waals surface area contributed by atoms with Gasteiger partial charge < -0.3 is 15.0 Å². The van der Waals surface area contributed by atoms with Gasteiger partial charge in [0.25, 0.3) is 5.91 Å². The summed E-state index contributed by atoms with van der Waals surface area (Å²) in [6.07, 6.45) is 0. The highest BCUT2D eigenvalue weighted by Gasteiger charge is 2.07. The lowest BCUT2D eigenvalue weighted by atomic mass is 10.1. The number of hydrogen-bond acceptors (Lipinski definition) is 5. The van der Waals surface area contributed by atoms with Gasteiger partial charge in [0, 0.05) is 31.7 Å². The van der Waals surface area contributed by atoms with E-state index in [1.54, 1.807) is 20.2 Å². The van der Waals surface area contributed by atoms with Crippen LogP contribution in [0.25, 0.3) is 10.9 Å². The van der Waals surface area contributed by atoms with Gasteiger partial charge in [-0.3, -0.25) is 4.79 Å². The van der Waals surface area contributed by atoms with Crippen molar-refractivity contribution in [2.45, 2.75) is 6.54 Å². The van der Waals surface area contributed by atoms with Crippen molar-refractivity contribution in [1.29, 1.82) is 5.26 Å². The second kappa shape index (κ2) is 8.19. The Balaban J connectivity index is 1.74. The summed E-state index contributed by atoms with van der Waals surface area (Å²) < 4.78 is 5.56. The van der Waals surface area contributed by atoms with Gasteiger partial charge in [-0.25, -0.2) is 4.98 Å². The van der Waals surface area contributed by atoms with Crippen LogP contribution in [0.5, 0.6) is 5.75 Å². The zero-order chi connectivity index (χ0) is 19.2. The van der Waals surface area contributed by atoms with Crippen LogP contribution in [0.4, 0.5) is 5.69 Å². The molecule has 1 aromatic heterocycles. The van der Waals surface area contributed by atoms with Gasteiger partial charge >= 0.3 is 0 Å². The Morgan fingerprint density at radius 1 is 1.19 bits per heavy atom. The lowest BCUT2D eigenvalue weighted by Gasteiger charge is -2.13. The third kappa shape index (κ3) is 4.53. The van der Waals surface area contributed by atoms with Crippen LogP contribution in [-0.4, -0.2) is 36.5 Å². The molecule has 1 amide bonds. The van der Waals surface area contributed by atoms with Gasteiger partial charge in [-0.05, 0) is 29.8 Å². The second-order valence-corrected chi connectivity index (χ2v) is 6.26. The van der Waals surface area contributed by atoms with E-state index in [1.807, 2.05) is 48.5 Å². The topological polar surface area (TPSA) is 78.2 Å². The summed E-state index contributed by atoms with van der Waals surface area (Å²) in [5.74, 6) is 0.549. The van der Waals surface area contributed by atoms with E-state index in [4.69, 9.17) is 4.74 Å². The second-order valence-electron chi connectivity index (χ2n) is 6.26. The number of nitrogens with zero attached hydrogens (tertiary/aromatic N) is 3. The average molecular weight is 360 g/mol. The first-order valence-electron chi connectivity index (χ1n) is 8.52. The van der Waals surface area contributed by atoms with Crippen molar-refractivity contribution in [2.24, 2.45) is 0 Å². The number of nitriles is 1. The Bertz CT molecular complexity index is 1010. The maximum Gasteiger partial charge on any atom is 0.259 e. The Hall–Kier alpha value is -3.59. The number of likely N-dealkylation sites (N-methyl/N-ethyl adjacent to an activating group) is 1. The molecule has 2 aromatic carbocycles. The molecule has 136 valence electrons. The lowest BCUT2D eigenvalue weighted by Crippen LogP contribution is -2.27. The van der Waals surface area contributed by atoms with Crippen LogP contribution in [0.1, 0.15) is 11.3 Å². The molecular formula is C21H20N4O2. The van der Waals surface area contributed by atoms with Gasteiger partial charge in [0.15, 0.2) is 6.61 Å². The van der Waals surface area contributed by atoms with Gasteiger partial charge in [-0.15, -0.1) is 0 Å². The molecule has 6 nitrogen and oxygen atoms in total. The van der Waals surface area contributed by atoms with Gasteiger partial charge in [-0.1, -0.05) is 30.3 Å². The van der Waals surface area contributed by atoms with E-state index in [2.05, 4.69) is 16.4 Å². The highest BCUT2D eigenvalue weighted by Crippen LogP contribution is 2.24. The Labute approximate surface area is 158 Å². The molecule has 0 unspecified atom stereocenters. The average Bonchev–Trinajstić information content (AvgIpc) is 2.70. The number of rotatable bonds is 6. The minimum absolute atomic E-state index is 0.00437. The molecule has 1 N–H and O–H groups in total. The summed E-state index contributed by atoms with van der Waals surface area (Å²) in [7, 11) is 3.39. The first-order chi connectivity index (χ1) is 13.1. The third-order valence-electron chi connectivity index (χ3n) is 4.07. The highest BCUT2D eigenvalue weighted by molar-refractivity contribution is 5.91. The van der Waals surface area contributed by atoms with Gasteiger partial charge in [0.1, 0.15) is 17.5 Å². The number of para-hydroxylation sites is 1. The molecule has 0 aliphatic heterocycles. The van der Waals surface area contributed by atoms with E-state index in [0.717, 1.165) is 22.2 Å². The number of anilines is 1. The van der Waals surface area contributed by atoms with Gasteiger partial charge in [0.2, 0.25) is 0 Å². The van der Waals surface area contributed by atoms with Crippen LogP contribution in [-0.2, 0) is 11.3 Å². The van der Waals surface area contributed by atoms with Crippen molar-refractivity contribution in [3.8, 4) is 11.8 Å². The molecule has 0 saturated carbocycles. The fourth-order valence-corrected chi connectivity index (χ4v) is 2.60. The van der Waals surface area contributed by atoms with E-state index < -0.39 is 0 Å². The molecule has 3 rings (SSSR count). The summed E-state index contributed by atoms with van der Waals surface area (Å²) >= 11 is 0. The molecule has 0 saturated heterocycles. The zero-order valence-corrected chi connectivity index (χ0v) is 15.3. The van der Waals surface area contributed by atoms with E-state index in [1.165, 1.54) is 4.90 Å². The molecule has 0 bridgehead atoms. The van der Waals surface area contributed by atoms with E-state index >= 15 is 0 Å². The van der Waals surface area contributed by atoms with Gasteiger partial charge in [-0.2, -0.15) is 5.26 Å². The molecule has 0 radical (unpaired) electrons. The SMILES string of the molecule is CN(C)C(=O)COc1cccc(CNc2cc(C#N)nc3ccccc23)c1. The van der Waals surface area contributed by atoms with E-state index in [9.17, 15) is 10.1 Å². The molecule has 6 heteroatoms.